The molecule has 0 spiro atoms. The molecule has 0 amide bonds. The second-order valence-corrected chi connectivity index (χ2v) is 7.28. The summed E-state index contributed by atoms with van der Waals surface area (Å²) in [4.78, 5) is 6.00. The first-order chi connectivity index (χ1) is 13.2. The molecule has 0 aromatic heterocycles. The molecule has 1 saturated heterocycles. The van der Waals surface area contributed by atoms with Crippen LogP contribution >= 0.6 is 24.0 Å². The predicted molar refractivity (Wildman–Crippen MR) is 120 cm³/mol. The van der Waals surface area contributed by atoms with Crippen molar-refractivity contribution in [1.82, 2.24) is 10.6 Å². The molecule has 158 valence electrons. The van der Waals surface area contributed by atoms with E-state index in [-0.39, 0.29) is 35.7 Å². The zero-order valence-corrected chi connectivity index (χ0v) is 18.8. The van der Waals surface area contributed by atoms with Gasteiger partial charge in [-0.2, -0.15) is 0 Å². The van der Waals surface area contributed by atoms with Crippen molar-refractivity contribution in [2.45, 2.75) is 50.7 Å². The van der Waals surface area contributed by atoms with Gasteiger partial charge in [0, 0.05) is 39.3 Å². The highest BCUT2D eigenvalue weighted by Gasteiger charge is 2.27. The Kier molecular flexibility index (Phi) is 9.70. The number of anilines is 1. The van der Waals surface area contributed by atoms with Crippen LogP contribution in [0.3, 0.4) is 0 Å². The molecule has 1 heterocycles. The van der Waals surface area contributed by atoms with E-state index in [1.54, 1.807) is 11.9 Å². The molecule has 2 aliphatic rings. The lowest BCUT2D eigenvalue weighted by molar-refractivity contribution is 0.0574. The lowest BCUT2D eigenvalue weighted by Gasteiger charge is -2.21. The maximum atomic E-state index is 14.0. The fraction of sp³-hybridized carbons (Fsp3) is 0.650. The van der Waals surface area contributed by atoms with Crippen molar-refractivity contribution >= 4 is 35.6 Å². The number of hydrogen-bond acceptors (Lipinski definition) is 3. The molecule has 1 aromatic rings. The van der Waals surface area contributed by atoms with Gasteiger partial charge in [0.1, 0.15) is 17.3 Å². The summed E-state index contributed by atoms with van der Waals surface area (Å²) in [5.74, 6) is -0.308. The van der Waals surface area contributed by atoms with E-state index in [0.29, 0.717) is 19.2 Å². The van der Waals surface area contributed by atoms with E-state index < -0.39 is 11.6 Å². The molecule has 0 bridgehead atoms. The molecule has 0 radical (unpaired) electrons. The maximum Gasteiger partial charge on any atom is 0.191 e. The van der Waals surface area contributed by atoms with Crippen LogP contribution in [0, 0.1) is 11.6 Å². The van der Waals surface area contributed by atoms with Crippen LogP contribution in [0.4, 0.5) is 14.5 Å². The molecular formula is C20H31F2IN4O. The number of ether oxygens (including phenoxy) is 1. The van der Waals surface area contributed by atoms with Crippen molar-refractivity contribution in [2.24, 2.45) is 4.99 Å². The van der Waals surface area contributed by atoms with Crippen molar-refractivity contribution < 1.29 is 13.5 Å². The van der Waals surface area contributed by atoms with Crippen LogP contribution in [0.1, 0.15) is 38.5 Å². The quantitative estimate of drug-likeness (QED) is 0.256. The van der Waals surface area contributed by atoms with Crippen LogP contribution in [0.2, 0.25) is 0 Å². The molecule has 2 fully saturated rings. The summed E-state index contributed by atoms with van der Waals surface area (Å²) in [6.07, 6.45) is 7.14. The normalized spacial score (nSPS) is 20.3. The van der Waals surface area contributed by atoms with Gasteiger partial charge in [-0.1, -0.05) is 18.9 Å². The molecule has 5 nitrogen and oxygen atoms in total. The highest BCUT2D eigenvalue weighted by molar-refractivity contribution is 14.0. The van der Waals surface area contributed by atoms with Crippen molar-refractivity contribution in [3.8, 4) is 0 Å². The third kappa shape index (κ3) is 6.43. The average Bonchev–Trinajstić information content (AvgIpc) is 3.32. The number of benzene rings is 1. The number of nitrogens with zero attached hydrogens (tertiary/aromatic N) is 2. The lowest BCUT2D eigenvalue weighted by atomic mass is 10.2. The summed E-state index contributed by atoms with van der Waals surface area (Å²) in [5.41, 5.74) is 0.0637. The van der Waals surface area contributed by atoms with Crippen LogP contribution in [-0.4, -0.2) is 51.4 Å². The average molecular weight is 508 g/mol. The molecule has 1 atom stereocenters. The summed E-state index contributed by atoms with van der Waals surface area (Å²) < 4.78 is 33.8. The van der Waals surface area contributed by atoms with E-state index in [4.69, 9.17) is 4.74 Å². The highest BCUT2D eigenvalue weighted by atomic mass is 127. The summed E-state index contributed by atoms with van der Waals surface area (Å²) >= 11 is 0. The Bertz CT molecular complexity index is 620. The first-order valence-electron chi connectivity index (χ1n) is 9.95. The Hall–Kier alpha value is -1.16. The van der Waals surface area contributed by atoms with E-state index in [1.165, 1.54) is 43.9 Å². The van der Waals surface area contributed by atoms with E-state index in [1.807, 2.05) is 0 Å². The van der Waals surface area contributed by atoms with Crippen LogP contribution in [-0.2, 0) is 4.74 Å². The number of para-hydroxylation sites is 1. The van der Waals surface area contributed by atoms with Gasteiger partial charge in [-0.05, 0) is 37.8 Å². The molecule has 1 aliphatic heterocycles. The fourth-order valence-corrected chi connectivity index (χ4v) is 3.84. The second kappa shape index (κ2) is 11.7. The maximum absolute atomic E-state index is 14.0. The summed E-state index contributed by atoms with van der Waals surface area (Å²) in [5, 5.41) is 6.64. The minimum atomic E-state index is -0.514. The number of guanidine groups is 1. The summed E-state index contributed by atoms with van der Waals surface area (Å²) in [6.45, 7) is 2.70. The van der Waals surface area contributed by atoms with Crippen molar-refractivity contribution in [3.05, 3.63) is 29.8 Å². The van der Waals surface area contributed by atoms with Gasteiger partial charge in [-0.15, -0.1) is 24.0 Å². The molecule has 1 aromatic carbocycles. The van der Waals surface area contributed by atoms with Gasteiger partial charge in [0.15, 0.2) is 5.96 Å². The number of nitrogens with one attached hydrogen (secondary N) is 2. The largest absolute Gasteiger partial charge is 0.378 e. The second-order valence-electron chi connectivity index (χ2n) is 7.28. The van der Waals surface area contributed by atoms with E-state index in [2.05, 4.69) is 15.6 Å². The van der Waals surface area contributed by atoms with Gasteiger partial charge in [-0.25, -0.2) is 8.78 Å². The number of hydrogen-bond donors (Lipinski definition) is 2. The molecule has 8 heteroatoms. The minimum absolute atomic E-state index is 0. The van der Waals surface area contributed by atoms with Gasteiger partial charge in [0.25, 0.3) is 0 Å². The molecule has 1 aliphatic carbocycles. The Morgan fingerprint density at radius 1 is 1.21 bits per heavy atom. The van der Waals surface area contributed by atoms with Crippen LogP contribution < -0.4 is 15.5 Å². The van der Waals surface area contributed by atoms with E-state index in [0.717, 1.165) is 32.0 Å². The summed E-state index contributed by atoms with van der Waals surface area (Å²) in [7, 11) is 1.73. The Balaban J connectivity index is 0.00000280. The van der Waals surface area contributed by atoms with Crippen molar-refractivity contribution in [3.63, 3.8) is 0 Å². The predicted octanol–water partition coefficient (Wildman–Crippen LogP) is 3.68. The van der Waals surface area contributed by atoms with Crippen molar-refractivity contribution in [2.75, 3.05) is 38.2 Å². The van der Waals surface area contributed by atoms with Crippen LogP contribution in [0.5, 0.6) is 0 Å². The lowest BCUT2D eigenvalue weighted by Crippen LogP contribution is -2.45. The number of halogens is 3. The molecule has 2 N–H and O–H groups in total. The van der Waals surface area contributed by atoms with Crippen LogP contribution in [0.15, 0.2) is 23.2 Å². The van der Waals surface area contributed by atoms with Gasteiger partial charge in [0.05, 0.1) is 6.10 Å². The third-order valence-corrected chi connectivity index (χ3v) is 5.28. The summed E-state index contributed by atoms with van der Waals surface area (Å²) in [6, 6.07) is 4.09. The molecule has 3 rings (SSSR count). The topological polar surface area (TPSA) is 48.9 Å². The zero-order chi connectivity index (χ0) is 19.1. The van der Waals surface area contributed by atoms with Gasteiger partial charge in [0.2, 0.25) is 0 Å². The minimum Gasteiger partial charge on any atom is -0.378 e. The number of rotatable bonds is 7. The van der Waals surface area contributed by atoms with Gasteiger partial charge < -0.3 is 20.3 Å². The van der Waals surface area contributed by atoms with Crippen molar-refractivity contribution in [1.29, 1.82) is 0 Å². The molecule has 28 heavy (non-hydrogen) atoms. The van der Waals surface area contributed by atoms with E-state index in [9.17, 15) is 8.78 Å². The Morgan fingerprint density at radius 2 is 1.93 bits per heavy atom. The van der Waals surface area contributed by atoms with Gasteiger partial charge >= 0.3 is 0 Å². The van der Waals surface area contributed by atoms with E-state index >= 15 is 0 Å². The molecule has 1 unspecified atom stereocenters. The zero-order valence-electron chi connectivity index (χ0n) is 16.4. The molecule has 1 saturated carbocycles. The standard InChI is InChI=1S/C20H30F2N4O.HI/c1-23-20(24-11-5-13-27-16-6-2-3-7-16)25-15-10-12-26(14-15)19-17(21)8-4-9-18(19)22;/h4,8-9,15-16H,2-3,5-7,10-14H2,1H3,(H2,23,24,25);1H. The fourth-order valence-electron chi connectivity index (χ4n) is 3.84. The highest BCUT2D eigenvalue weighted by Crippen LogP contribution is 2.26. The first kappa shape index (κ1) is 23.1. The first-order valence-corrected chi connectivity index (χ1v) is 9.95. The third-order valence-electron chi connectivity index (χ3n) is 5.28. The monoisotopic (exact) mass is 508 g/mol. The SMILES string of the molecule is CN=C(NCCCOC1CCCC1)NC1CCN(c2c(F)cccc2F)C1.I. The Labute approximate surface area is 183 Å². The number of aliphatic imine (C=N–C) groups is 1. The van der Waals surface area contributed by atoms with Crippen LogP contribution in [0.25, 0.3) is 0 Å². The van der Waals surface area contributed by atoms with Gasteiger partial charge in [-0.3, -0.25) is 4.99 Å². The molecular weight excluding hydrogens is 477 g/mol. The Morgan fingerprint density at radius 3 is 2.61 bits per heavy atom. The smallest absolute Gasteiger partial charge is 0.191 e.